The van der Waals surface area contributed by atoms with E-state index >= 15 is 0 Å². The molecule has 0 radical (unpaired) electrons. The number of benzene rings is 3. The van der Waals surface area contributed by atoms with E-state index in [1.807, 2.05) is 39.8 Å². The Morgan fingerprint density at radius 2 is 1.81 bits per heavy atom. The zero-order valence-corrected chi connectivity index (χ0v) is 22.0. The number of anilines is 1. The first-order valence-corrected chi connectivity index (χ1v) is 13.3. The number of hydrogen-bond donors (Lipinski definition) is 1. The number of aryl methyl sites for hydroxylation is 2. The van der Waals surface area contributed by atoms with Gasteiger partial charge in [0.1, 0.15) is 0 Å². The highest BCUT2D eigenvalue weighted by Crippen LogP contribution is 2.36. The van der Waals surface area contributed by atoms with Crippen molar-refractivity contribution in [3.63, 3.8) is 0 Å². The van der Waals surface area contributed by atoms with E-state index < -0.39 is 10.8 Å². The van der Waals surface area contributed by atoms with Gasteiger partial charge in [0.15, 0.2) is 0 Å². The molecule has 0 spiro atoms. The van der Waals surface area contributed by atoms with Gasteiger partial charge in [-0.15, -0.1) is 0 Å². The summed E-state index contributed by atoms with van der Waals surface area (Å²) >= 11 is 0. The van der Waals surface area contributed by atoms with Crippen molar-refractivity contribution in [2.45, 2.75) is 56.6 Å². The molecular weight excluding hydrogens is 472 g/mol. The molecule has 0 saturated carbocycles. The second-order valence-electron chi connectivity index (χ2n) is 9.30. The third-order valence-corrected chi connectivity index (χ3v) is 7.67. The fraction of sp³-hybridized carbons (Fsp3) is 0.310. The number of carbonyl (C=O) groups is 2. The summed E-state index contributed by atoms with van der Waals surface area (Å²) < 4.78 is 19.1. The summed E-state index contributed by atoms with van der Waals surface area (Å²) in [6.45, 7) is 9.33. The lowest BCUT2D eigenvalue weighted by Gasteiger charge is -2.24. The van der Waals surface area contributed by atoms with Crippen LogP contribution in [0.25, 0.3) is 0 Å². The second-order valence-corrected chi connectivity index (χ2v) is 10.7. The van der Waals surface area contributed by atoms with Gasteiger partial charge < -0.3 is 15.0 Å². The van der Waals surface area contributed by atoms with Crippen LogP contribution in [0.4, 0.5) is 5.69 Å². The van der Waals surface area contributed by atoms with Crippen molar-refractivity contribution in [3.05, 3.63) is 88.5 Å². The number of nitrogens with zero attached hydrogens (tertiary/aromatic N) is 1. The molecule has 0 fully saturated rings. The Morgan fingerprint density at radius 1 is 1.03 bits per heavy atom. The molecule has 188 valence electrons. The highest BCUT2D eigenvalue weighted by Gasteiger charge is 2.31. The summed E-state index contributed by atoms with van der Waals surface area (Å²) in [5, 5.41) is 2.92. The van der Waals surface area contributed by atoms with Crippen LogP contribution in [0.2, 0.25) is 0 Å². The van der Waals surface area contributed by atoms with Crippen molar-refractivity contribution in [3.8, 4) is 0 Å². The van der Waals surface area contributed by atoms with Gasteiger partial charge in [-0.3, -0.25) is 9.59 Å². The van der Waals surface area contributed by atoms with Crippen molar-refractivity contribution < 1.29 is 18.5 Å². The number of ether oxygens (including phenoxy) is 1. The standard InChI is InChI=1S/C29H32N2O4S/c1-19(2)35-15-7-14-30-28(32)22-12-13-27-25(17-22)31(18-23-16-20(3)10-11-21(23)4)29(33)24-8-5-6-9-26(24)36(27)34/h5-6,8-13,16-17,19H,7,14-15,18H2,1-4H3,(H,30,32)/t36-/m1/s1. The maximum absolute atomic E-state index is 13.8. The molecule has 2 amide bonds. The van der Waals surface area contributed by atoms with Crippen molar-refractivity contribution in [1.29, 1.82) is 0 Å². The summed E-state index contributed by atoms with van der Waals surface area (Å²) in [7, 11) is -1.56. The van der Waals surface area contributed by atoms with E-state index in [2.05, 4.69) is 11.4 Å². The van der Waals surface area contributed by atoms with Gasteiger partial charge >= 0.3 is 0 Å². The van der Waals surface area contributed by atoms with E-state index in [1.165, 1.54) is 0 Å². The quantitative estimate of drug-likeness (QED) is 0.429. The molecule has 4 rings (SSSR count). The smallest absolute Gasteiger partial charge is 0.259 e. The van der Waals surface area contributed by atoms with Crippen LogP contribution in [-0.2, 0) is 22.1 Å². The molecule has 1 heterocycles. The lowest BCUT2D eigenvalue weighted by atomic mass is 10.0. The van der Waals surface area contributed by atoms with E-state index in [9.17, 15) is 13.8 Å². The lowest BCUT2D eigenvalue weighted by molar-refractivity contribution is 0.0757. The third-order valence-electron chi connectivity index (χ3n) is 6.16. The first-order valence-electron chi connectivity index (χ1n) is 12.2. The van der Waals surface area contributed by atoms with Crippen molar-refractivity contribution in [2.24, 2.45) is 0 Å². The zero-order chi connectivity index (χ0) is 25.8. The fourth-order valence-electron chi connectivity index (χ4n) is 4.20. The van der Waals surface area contributed by atoms with E-state index in [1.54, 1.807) is 47.4 Å². The number of rotatable bonds is 8. The van der Waals surface area contributed by atoms with Gasteiger partial charge in [0.25, 0.3) is 11.8 Å². The fourth-order valence-corrected chi connectivity index (χ4v) is 5.54. The van der Waals surface area contributed by atoms with Gasteiger partial charge in [-0.2, -0.15) is 0 Å². The SMILES string of the molecule is Cc1ccc(C)c(CN2C(=O)c3ccccc3[S@@](=O)c3ccc(C(=O)NCCCOC(C)C)cc32)c1. The molecule has 7 heteroatoms. The molecular formula is C29H32N2O4S. The van der Waals surface area contributed by atoms with Crippen LogP contribution < -0.4 is 10.2 Å². The molecule has 0 bridgehead atoms. The summed E-state index contributed by atoms with van der Waals surface area (Å²) in [5.41, 5.74) is 4.47. The van der Waals surface area contributed by atoms with Crippen LogP contribution >= 0.6 is 0 Å². The van der Waals surface area contributed by atoms with Gasteiger partial charge in [-0.25, -0.2) is 4.21 Å². The van der Waals surface area contributed by atoms with Crippen molar-refractivity contribution >= 4 is 28.3 Å². The normalized spacial score (nSPS) is 14.9. The first kappa shape index (κ1) is 25.8. The molecule has 0 unspecified atom stereocenters. The number of hydrogen-bond acceptors (Lipinski definition) is 4. The molecule has 0 aliphatic carbocycles. The molecule has 1 aliphatic rings. The highest BCUT2D eigenvalue weighted by molar-refractivity contribution is 7.85. The summed E-state index contributed by atoms with van der Waals surface area (Å²) in [5.74, 6) is -0.476. The molecule has 3 aromatic rings. The van der Waals surface area contributed by atoms with E-state index in [4.69, 9.17) is 4.74 Å². The Hall–Kier alpha value is -3.29. The number of amides is 2. The predicted octanol–water partition coefficient (Wildman–Crippen LogP) is 5.18. The highest BCUT2D eigenvalue weighted by atomic mass is 32.2. The largest absolute Gasteiger partial charge is 0.379 e. The lowest BCUT2D eigenvalue weighted by Crippen LogP contribution is -2.31. The van der Waals surface area contributed by atoms with E-state index in [0.29, 0.717) is 52.7 Å². The number of fused-ring (bicyclic) bond motifs is 2. The van der Waals surface area contributed by atoms with E-state index in [-0.39, 0.29) is 17.9 Å². The molecule has 0 aromatic heterocycles. The van der Waals surface area contributed by atoms with Crippen LogP contribution in [0.15, 0.2) is 70.5 Å². The minimum atomic E-state index is -1.56. The number of carbonyl (C=O) groups excluding carboxylic acids is 2. The Labute approximate surface area is 215 Å². The molecule has 3 aromatic carbocycles. The summed E-state index contributed by atoms with van der Waals surface area (Å²) in [4.78, 5) is 29.4. The molecule has 1 aliphatic heterocycles. The summed E-state index contributed by atoms with van der Waals surface area (Å²) in [6.07, 6.45) is 0.849. The van der Waals surface area contributed by atoms with Crippen LogP contribution in [0, 0.1) is 13.8 Å². The molecule has 36 heavy (non-hydrogen) atoms. The Bertz CT molecular complexity index is 1320. The maximum Gasteiger partial charge on any atom is 0.259 e. The van der Waals surface area contributed by atoms with Crippen LogP contribution in [-0.4, -0.2) is 35.3 Å². The van der Waals surface area contributed by atoms with Gasteiger partial charge in [0, 0.05) is 18.7 Å². The molecule has 1 N–H and O–H groups in total. The van der Waals surface area contributed by atoms with Crippen LogP contribution in [0.5, 0.6) is 0 Å². The topological polar surface area (TPSA) is 75.7 Å². The first-order chi connectivity index (χ1) is 17.3. The van der Waals surface area contributed by atoms with Gasteiger partial charge in [-0.05, 0) is 75.6 Å². The molecule has 6 nitrogen and oxygen atoms in total. The minimum Gasteiger partial charge on any atom is -0.379 e. The maximum atomic E-state index is 13.8. The average Bonchev–Trinajstić information content (AvgIpc) is 2.95. The second kappa shape index (κ2) is 11.2. The van der Waals surface area contributed by atoms with Crippen molar-refractivity contribution in [2.75, 3.05) is 18.1 Å². The number of nitrogens with one attached hydrogen (secondary N) is 1. The molecule has 1 atom stereocenters. The Balaban J connectivity index is 1.70. The summed E-state index contributed by atoms with van der Waals surface area (Å²) in [6, 6.07) is 18.2. The van der Waals surface area contributed by atoms with Crippen LogP contribution in [0.1, 0.15) is 57.7 Å². The van der Waals surface area contributed by atoms with Gasteiger partial charge in [0.2, 0.25) is 0 Å². The van der Waals surface area contributed by atoms with E-state index in [0.717, 1.165) is 16.7 Å². The zero-order valence-electron chi connectivity index (χ0n) is 21.2. The third kappa shape index (κ3) is 5.58. The Morgan fingerprint density at radius 3 is 2.58 bits per heavy atom. The van der Waals surface area contributed by atoms with Crippen molar-refractivity contribution in [1.82, 2.24) is 5.32 Å². The van der Waals surface area contributed by atoms with Crippen LogP contribution in [0.3, 0.4) is 0 Å². The van der Waals surface area contributed by atoms with Gasteiger partial charge in [-0.1, -0.05) is 35.9 Å². The monoisotopic (exact) mass is 504 g/mol. The van der Waals surface area contributed by atoms with Gasteiger partial charge in [0.05, 0.1) is 44.5 Å². The Kier molecular flexibility index (Phi) is 8.01. The molecule has 0 saturated heterocycles. The predicted molar refractivity (Wildman–Crippen MR) is 142 cm³/mol. The minimum absolute atomic E-state index is 0.149. The average molecular weight is 505 g/mol.